The lowest BCUT2D eigenvalue weighted by molar-refractivity contribution is -0.121. The third kappa shape index (κ3) is 6.12. The van der Waals surface area contributed by atoms with Crippen LogP contribution in [0.5, 0.6) is 0 Å². The molecule has 0 saturated heterocycles. The second kappa shape index (κ2) is 7.97. The van der Waals surface area contributed by atoms with Gasteiger partial charge in [-0.15, -0.1) is 0 Å². The zero-order valence-corrected chi connectivity index (χ0v) is 12.8. The van der Waals surface area contributed by atoms with Gasteiger partial charge in [-0.2, -0.15) is 0 Å². The molecule has 0 unspecified atom stereocenters. The van der Waals surface area contributed by atoms with Crippen LogP contribution in [0.3, 0.4) is 0 Å². The predicted molar refractivity (Wildman–Crippen MR) is 81.4 cm³/mol. The fraction of sp³-hybridized carbons (Fsp3) is 0.385. The van der Waals surface area contributed by atoms with Crippen molar-refractivity contribution in [2.75, 3.05) is 11.9 Å². The average molecular weight is 318 g/mol. The Hall–Kier alpha value is -1.46. The van der Waals surface area contributed by atoms with Crippen LogP contribution in [0.4, 0.5) is 10.5 Å². The molecule has 7 heteroatoms. The topological polar surface area (TPSA) is 70.2 Å². The van der Waals surface area contributed by atoms with Crippen molar-refractivity contribution in [3.05, 3.63) is 28.2 Å². The highest BCUT2D eigenvalue weighted by molar-refractivity contribution is 6.42. The summed E-state index contributed by atoms with van der Waals surface area (Å²) in [5, 5.41) is 8.70. The molecule has 1 aromatic carbocycles. The summed E-state index contributed by atoms with van der Waals surface area (Å²) in [5.74, 6) is -0.102. The van der Waals surface area contributed by atoms with Crippen LogP contribution in [0, 0.1) is 0 Å². The second-order valence-corrected chi connectivity index (χ2v) is 5.30. The first-order valence-corrected chi connectivity index (χ1v) is 6.93. The van der Waals surface area contributed by atoms with Gasteiger partial charge < -0.3 is 16.0 Å². The third-order valence-corrected chi connectivity index (χ3v) is 3.00. The minimum Gasteiger partial charge on any atom is -0.354 e. The number of hydrogen-bond donors (Lipinski definition) is 3. The molecule has 0 fully saturated rings. The number of benzene rings is 1. The third-order valence-electron chi connectivity index (χ3n) is 2.26. The van der Waals surface area contributed by atoms with Crippen LogP contribution in [0.25, 0.3) is 0 Å². The molecule has 5 nitrogen and oxygen atoms in total. The van der Waals surface area contributed by atoms with Crippen LogP contribution in [-0.2, 0) is 4.79 Å². The zero-order chi connectivity index (χ0) is 15.1. The second-order valence-electron chi connectivity index (χ2n) is 4.48. The molecule has 0 spiro atoms. The number of anilines is 1. The van der Waals surface area contributed by atoms with Crippen molar-refractivity contribution in [1.29, 1.82) is 0 Å². The number of carbonyl (C=O) groups is 2. The van der Waals surface area contributed by atoms with Crippen LogP contribution >= 0.6 is 23.2 Å². The molecule has 1 rings (SSSR count). The number of halogens is 2. The van der Waals surface area contributed by atoms with Crippen molar-refractivity contribution < 1.29 is 9.59 Å². The van der Waals surface area contributed by atoms with Crippen molar-refractivity contribution in [1.82, 2.24) is 10.6 Å². The van der Waals surface area contributed by atoms with Gasteiger partial charge in [-0.05, 0) is 32.0 Å². The Morgan fingerprint density at radius 2 is 1.90 bits per heavy atom. The lowest BCUT2D eigenvalue weighted by Gasteiger charge is -2.10. The first-order chi connectivity index (χ1) is 9.38. The van der Waals surface area contributed by atoms with E-state index in [9.17, 15) is 9.59 Å². The highest BCUT2D eigenvalue weighted by Crippen LogP contribution is 2.24. The Morgan fingerprint density at radius 1 is 1.20 bits per heavy atom. The molecule has 0 saturated carbocycles. The first-order valence-electron chi connectivity index (χ1n) is 6.17. The summed E-state index contributed by atoms with van der Waals surface area (Å²) in [6.07, 6.45) is 0.229. The molecule has 0 heterocycles. The van der Waals surface area contributed by atoms with Crippen LogP contribution in [-0.4, -0.2) is 24.5 Å². The van der Waals surface area contributed by atoms with Crippen molar-refractivity contribution in [3.63, 3.8) is 0 Å². The lowest BCUT2D eigenvalue weighted by Crippen LogP contribution is -2.35. The van der Waals surface area contributed by atoms with E-state index in [-0.39, 0.29) is 24.9 Å². The SMILES string of the molecule is CC(C)NC(=O)CCNC(=O)Nc1ccc(Cl)c(Cl)c1. The van der Waals surface area contributed by atoms with Gasteiger partial charge >= 0.3 is 6.03 Å². The molecule has 0 atom stereocenters. The molecule has 0 radical (unpaired) electrons. The monoisotopic (exact) mass is 317 g/mol. The van der Waals surface area contributed by atoms with Gasteiger partial charge in [0.05, 0.1) is 10.0 Å². The summed E-state index contributed by atoms with van der Waals surface area (Å²) in [6, 6.07) is 4.47. The van der Waals surface area contributed by atoms with E-state index in [1.807, 2.05) is 13.8 Å². The van der Waals surface area contributed by atoms with Crippen LogP contribution < -0.4 is 16.0 Å². The molecule has 1 aromatic rings. The Labute approximate surface area is 128 Å². The van der Waals surface area contributed by atoms with Gasteiger partial charge in [0, 0.05) is 24.7 Å². The van der Waals surface area contributed by atoms with E-state index in [0.717, 1.165) is 0 Å². The largest absolute Gasteiger partial charge is 0.354 e. The number of nitrogens with one attached hydrogen (secondary N) is 3. The molecule has 0 aliphatic carbocycles. The van der Waals surface area contributed by atoms with Crippen LogP contribution in [0.1, 0.15) is 20.3 Å². The fourth-order valence-electron chi connectivity index (χ4n) is 1.43. The van der Waals surface area contributed by atoms with E-state index in [2.05, 4.69) is 16.0 Å². The number of hydrogen-bond acceptors (Lipinski definition) is 2. The summed E-state index contributed by atoms with van der Waals surface area (Å²) in [4.78, 5) is 22.9. The summed E-state index contributed by atoms with van der Waals surface area (Å²) >= 11 is 11.6. The van der Waals surface area contributed by atoms with E-state index in [0.29, 0.717) is 15.7 Å². The maximum Gasteiger partial charge on any atom is 0.319 e. The van der Waals surface area contributed by atoms with E-state index < -0.39 is 6.03 Å². The van der Waals surface area contributed by atoms with E-state index >= 15 is 0 Å². The molecule has 110 valence electrons. The summed E-state index contributed by atoms with van der Waals surface area (Å²) < 4.78 is 0. The van der Waals surface area contributed by atoms with Crippen molar-refractivity contribution in [2.45, 2.75) is 26.3 Å². The lowest BCUT2D eigenvalue weighted by atomic mass is 10.3. The number of amides is 3. The molecule has 0 bridgehead atoms. The van der Waals surface area contributed by atoms with Gasteiger partial charge in [0.2, 0.25) is 5.91 Å². The van der Waals surface area contributed by atoms with Gasteiger partial charge in [0.1, 0.15) is 0 Å². The highest BCUT2D eigenvalue weighted by Gasteiger charge is 2.06. The Bertz CT molecular complexity index is 493. The maximum absolute atomic E-state index is 11.6. The minimum atomic E-state index is -0.402. The Morgan fingerprint density at radius 3 is 2.50 bits per heavy atom. The first kappa shape index (κ1) is 16.6. The number of carbonyl (C=O) groups excluding carboxylic acids is 2. The summed E-state index contributed by atoms with van der Waals surface area (Å²) in [7, 11) is 0. The van der Waals surface area contributed by atoms with Gasteiger partial charge in [0.25, 0.3) is 0 Å². The van der Waals surface area contributed by atoms with Crippen molar-refractivity contribution in [2.24, 2.45) is 0 Å². The number of rotatable bonds is 5. The predicted octanol–water partition coefficient (Wildman–Crippen LogP) is 3.03. The van der Waals surface area contributed by atoms with Gasteiger partial charge in [-0.25, -0.2) is 4.79 Å². The van der Waals surface area contributed by atoms with Gasteiger partial charge in [-0.1, -0.05) is 23.2 Å². The molecule has 0 aliphatic rings. The maximum atomic E-state index is 11.6. The summed E-state index contributed by atoms with van der Waals surface area (Å²) in [6.45, 7) is 4.01. The standard InChI is InChI=1S/C13H17Cl2N3O2/c1-8(2)17-12(19)5-6-16-13(20)18-9-3-4-10(14)11(15)7-9/h3-4,7-8H,5-6H2,1-2H3,(H,17,19)(H2,16,18,20). The molecular weight excluding hydrogens is 301 g/mol. The number of urea groups is 1. The van der Waals surface area contributed by atoms with E-state index in [1.165, 1.54) is 0 Å². The van der Waals surface area contributed by atoms with Gasteiger partial charge in [0.15, 0.2) is 0 Å². The summed E-state index contributed by atoms with van der Waals surface area (Å²) in [5.41, 5.74) is 0.531. The Balaban J connectivity index is 2.33. The normalized spacial score (nSPS) is 10.2. The zero-order valence-electron chi connectivity index (χ0n) is 11.3. The molecule has 3 N–H and O–H groups in total. The van der Waals surface area contributed by atoms with Crippen LogP contribution in [0.2, 0.25) is 10.0 Å². The average Bonchev–Trinajstić information content (AvgIpc) is 2.33. The van der Waals surface area contributed by atoms with E-state index in [4.69, 9.17) is 23.2 Å². The van der Waals surface area contributed by atoms with Crippen molar-refractivity contribution >= 4 is 40.8 Å². The highest BCUT2D eigenvalue weighted by atomic mass is 35.5. The van der Waals surface area contributed by atoms with Crippen molar-refractivity contribution in [3.8, 4) is 0 Å². The van der Waals surface area contributed by atoms with Crippen LogP contribution in [0.15, 0.2) is 18.2 Å². The molecule has 0 aromatic heterocycles. The molecule has 3 amide bonds. The molecular formula is C13H17Cl2N3O2. The minimum absolute atomic E-state index is 0.0903. The van der Waals surface area contributed by atoms with E-state index in [1.54, 1.807) is 18.2 Å². The molecule has 20 heavy (non-hydrogen) atoms. The quantitative estimate of drug-likeness (QED) is 0.781. The smallest absolute Gasteiger partial charge is 0.319 e. The van der Waals surface area contributed by atoms with Gasteiger partial charge in [-0.3, -0.25) is 4.79 Å². The fourth-order valence-corrected chi connectivity index (χ4v) is 1.73. The Kier molecular flexibility index (Phi) is 6.61. The molecule has 0 aliphatic heterocycles.